The SMILES string of the molecule is C[N+](C)(C)CC(=O)N/N=C\[C@H](O)[C@H](O)[C@H](O)[C@H](O)CO. The maximum absolute atomic E-state index is 11.4. The van der Waals surface area contributed by atoms with Crippen LogP contribution in [0.2, 0.25) is 0 Å². The molecule has 0 aliphatic heterocycles. The number of rotatable bonds is 8. The molecule has 118 valence electrons. The van der Waals surface area contributed by atoms with Gasteiger partial charge in [0, 0.05) is 0 Å². The Kier molecular flexibility index (Phi) is 7.79. The zero-order chi connectivity index (χ0) is 15.9. The molecule has 0 aromatic rings. The van der Waals surface area contributed by atoms with Crippen molar-refractivity contribution >= 4 is 12.1 Å². The van der Waals surface area contributed by atoms with E-state index in [0.29, 0.717) is 4.48 Å². The van der Waals surface area contributed by atoms with Gasteiger partial charge < -0.3 is 30.0 Å². The number of quaternary nitrogens is 1. The molecule has 0 aromatic carbocycles. The lowest BCUT2D eigenvalue weighted by molar-refractivity contribution is -0.862. The molecule has 9 nitrogen and oxygen atoms in total. The molecule has 20 heavy (non-hydrogen) atoms. The Labute approximate surface area is 117 Å². The molecular weight excluding hydrogens is 270 g/mol. The van der Waals surface area contributed by atoms with Gasteiger partial charge in [0.25, 0.3) is 5.91 Å². The smallest absolute Gasteiger partial charge is 0.295 e. The number of nitrogens with one attached hydrogen (secondary N) is 1. The largest absolute Gasteiger partial charge is 0.394 e. The summed E-state index contributed by atoms with van der Waals surface area (Å²) in [6, 6.07) is 0. The van der Waals surface area contributed by atoms with Crippen molar-refractivity contribution in [3.8, 4) is 0 Å². The van der Waals surface area contributed by atoms with Gasteiger partial charge in [-0.05, 0) is 0 Å². The molecule has 0 radical (unpaired) electrons. The minimum Gasteiger partial charge on any atom is -0.394 e. The fourth-order valence-corrected chi connectivity index (χ4v) is 1.28. The second kappa shape index (κ2) is 8.25. The number of nitrogens with zero attached hydrogens (tertiary/aromatic N) is 2. The number of amides is 1. The number of aliphatic hydroxyl groups excluding tert-OH is 5. The van der Waals surface area contributed by atoms with E-state index in [9.17, 15) is 20.1 Å². The van der Waals surface area contributed by atoms with Gasteiger partial charge in [-0.1, -0.05) is 0 Å². The predicted octanol–water partition coefficient (Wildman–Crippen LogP) is -3.77. The summed E-state index contributed by atoms with van der Waals surface area (Å²) < 4.78 is 0.397. The first-order valence-electron chi connectivity index (χ1n) is 6.04. The maximum Gasteiger partial charge on any atom is 0.295 e. The highest BCUT2D eigenvalue weighted by molar-refractivity contribution is 5.78. The van der Waals surface area contributed by atoms with E-state index in [1.807, 2.05) is 21.1 Å². The standard InChI is InChI=1S/C11H23N3O6/c1-14(2,3)5-9(18)13-12-4-7(16)10(19)11(20)8(17)6-15/h4,7-8,10-11,15-17,19-20H,5-6H2,1-3H3/p+1/b12-4-/t7-,8+,10-,11+/m0/s1. The predicted molar refractivity (Wildman–Crippen MR) is 70.6 cm³/mol. The van der Waals surface area contributed by atoms with Crippen LogP contribution in [-0.2, 0) is 4.79 Å². The average molecular weight is 294 g/mol. The summed E-state index contributed by atoms with van der Waals surface area (Å²) in [4.78, 5) is 11.4. The van der Waals surface area contributed by atoms with Gasteiger partial charge in [0.1, 0.15) is 24.4 Å². The first-order chi connectivity index (χ1) is 9.08. The summed E-state index contributed by atoms with van der Waals surface area (Å²) in [5.41, 5.74) is 2.16. The molecule has 9 heteroatoms. The van der Waals surface area contributed by atoms with Crippen LogP contribution in [0, 0.1) is 0 Å². The molecule has 0 spiro atoms. The van der Waals surface area contributed by atoms with Gasteiger partial charge in [-0.2, -0.15) is 5.10 Å². The molecule has 0 saturated heterocycles. The van der Waals surface area contributed by atoms with E-state index in [1.165, 1.54) is 0 Å². The third-order valence-corrected chi connectivity index (χ3v) is 2.32. The van der Waals surface area contributed by atoms with Gasteiger partial charge in [-0.3, -0.25) is 4.79 Å². The van der Waals surface area contributed by atoms with Crippen molar-refractivity contribution in [1.82, 2.24) is 5.43 Å². The topological polar surface area (TPSA) is 143 Å². The first-order valence-corrected chi connectivity index (χ1v) is 6.04. The number of carbonyl (C=O) groups is 1. The quantitative estimate of drug-likeness (QED) is 0.154. The van der Waals surface area contributed by atoms with E-state index in [4.69, 9.17) is 10.2 Å². The van der Waals surface area contributed by atoms with Gasteiger partial charge in [0.15, 0.2) is 6.54 Å². The molecule has 4 atom stereocenters. The molecular formula is C11H24N3O6+. The summed E-state index contributed by atoms with van der Waals surface area (Å²) in [7, 11) is 5.44. The van der Waals surface area contributed by atoms with E-state index in [2.05, 4.69) is 10.5 Å². The molecule has 0 saturated carbocycles. The minimum absolute atomic E-state index is 0.168. The van der Waals surface area contributed by atoms with Gasteiger partial charge in [0.05, 0.1) is 34.0 Å². The normalized spacial score (nSPS) is 18.6. The fraction of sp³-hybridized carbons (Fsp3) is 0.818. The van der Waals surface area contributed by atoms with Crippen LogP contribution in [0.3, 0.4) is 0 Å². The van der Waals surface area contributed by atoms with E-state index in [0.717, 1.165) is 6.21 Å². The molecule has 0 aliphatic rings. The minimum atomic E-state index is -1.74. The van der Waals surface area contributed by atoms with E-state index in [-0.39, 0.29) is 12.5 Å². The molecule has 0 rings (SSSR count). The zero-order valence-corrected chi connectivity index (χ0v) is 11.8. The molecule has 0 aliphatic carbocycles. The number of aliphatic hydroxyl groups is 5. The van der Waals surface area contributed by atoms with Gasteiger partial charge in [0.2, 0.25) is 0 Å². The van der Waals surface area contributed by atoms with Crippen LogP contribution in [0.4, 0.5) is 0 Å². The lowest BCUT2D eigenvalue weighted by atomic mass is 10.0. The molecule has 0 fully saturated rings. The van der Waals surface area contributed by atoms with Crippen molar-refractivity contribution in [1.29, 1.82) is 0 Å². The van der Waals surface area contributed by atoms with Gasteiger partial charge in [-0.15, -0.1) is 0 Å². The second-order valence-electron chi connectivity index (χ2n) is 5.48. The third kappa shape index (κ3) is 7.48. The molecule has 0 unspecified atom stereocenters. The summed E-state index contributed by atoms with van der Waals surface area (Å²) in [6.45, 7) is -0.593. The Morgan fingerprint density at radius 1 is 1.20 bits per heavy atom. The fourth-order valence-electron chi connectivity index (χ4n) is 1.28. The van der Waals surface area contributed by atoms with Crippen molar-refractivity contribution < 1.29 is 34.8 Å². The zero-order valence-electron chi connectivity index (χ0n) is 11.8. The first kappa shape index (κ1) is 18.9. The summed E-state index contributed by atoms with van der Waals surface area (Å²) in [6.07, 6.45) is -5.83. The summed E-state index contributed by atoms with van der Waals surface area (Å²) in [5, 5.41) is 49.4. The van der Waals surface area contributed by atoms with Crippen LogP contribution in [0.25, 0.3) is 0 Å². The lowest BCUT2D eigenvalue weighted by Crippen LogP contribution is -2.46. The van der Waals surface area contributed by atoms with Crippen LogP contribution >= 0.6 is 0 Å². The highest BCUT2D eigenvalue weighted by atomic mass is 16.4. The van der Waals surface area contributed by atoms with E-state index < -0.39 is 31.0 Å². The molecule has 0 heterocycles. The second-order valence-corrected chi connectivity index (χ2v) is 5.48. The molecule has 6 N–H and O–H groups in total. The van der Waals surface area contributed by atoms with Crippen LogP contribution in [0.15, 0.2) is 5.10 Å². The number of hydrogen-bond donors (Lipinski definition) is 6. The van der Waals surface area contributed by atoms with Crippen molar-refractivity contribution in [2.45, 2.75) is 24.4 Å². The van der Waals surface area contributed by atoms with E-state index >= 15 is 0 Å². The summed E-state index contributed by atoms with van der Waals surface area (Å²) in [5.74, 6) is -0.383. The number of hydrogen-bond acceptors (Lipinski definition) is 7. The van der Waals surface area contributed by atoms with E-state index in [1.54, 1.807) is 0 Å². The molecule has 0 bridgehead atoms. The highest BCUT2D eigenvalue weighted by Gasteiger charge is 2.29. The van der Waals surface area contributed by atoms with Crippen molar-refractivity contribution in [2.75, 3.05) is 34.3 Å². The highest BCUT2D eigenvalue weighted by Crippen LogP contribution is 2.03. The van der Waals surface area contributed by atoms with Crippen LogP contribution in [0.1, 0.15) is 0 Å². The van der Waals surface area contributed by atoms with Crippen LogP contribution in [0.5, 0.6) is 0 Å². The Morgan fingerprint density at radius 2 is 1.75 bits per heavy atom. The van der Waals surface area contributed by atoms with Crippen LogP contribution in [-0.4, -0.2) is 101 Å². The lowest BCUT2D eigenvalue weighted by Gasteiger charge is -2.23. The molecule has 1 amide bonds. The Morgan fingerprint density at radius 3 is 2.20 bits per heavy atom. The number of hydrazone groups is 1. The monoisotopic (exact) mass is 294 g/mol. The van der Waals surface area contributed by atoms with Crippen molar-refractivity contribution in [3.05, 3.63) is 0 Å². The Hall–Kier alpha value is -1.10. The number of likely N-dealkylation sites (N-methyl/N-ethyl adjacent to an activating group) is 1. The Bertz CT molecular complexity index is 331. The van der Waals surface area contributed by atoms with Gasteiger partial charge >= 0.3 is 0 Å². The van der Waals surface area contributed by atoms with Crippen LogP contribution < -0.4 is 5.43 Å². The number of carbonyl (C=O) groups excluding carboxylic acids is 1. The van der Waals surface area contributed by atoms with Crippen molar-refractivity contribution in [2.24, 2.45) is 5.10 Å². The van der Waals surface area contributed by atoms with Crippen molar-refractivity contribution in [3.63, 3.8) is 0 Å². The Balaban J connectivity index is 4.29. The molecule has 0 aromatic heterocycles. The maximum atomic E-state index is 11.4. The third-order valence-electron chi connectivity index (χ3n) is 2.32. The van der Waals surface area contributed by atoms with Gasteiger partial charge in [-0.25, -0.2) is 5.43 Å². The average Bonchev–Trinajstić information content (AvgIpc) is 2.33. The summed E-state index contributed by atoms with van der Waals surface area (Å²) >= 11 is 0.